The van der Waals surface area contributed by atoms with Crippen molar-refractivity contribution in [2.45, 2.75) is 13.0 Å². The molecular formula is C15H19NO3. The van der Waals surface area contributed by atoms with E-state index in [0.29, 0.717) is 13.0 Å². The van der Waals surface area contributed by atoms with Gasteiger partial charge in [0, 0.05) is 32.7 Å². The number of hydrogen-bond acceptors (Lipinski definition) is 3. The summed E-state index contributed by atoms with van der Waals surface area (Å²) in [4.78, 5) is 13.2. The van der Waals surface area contributed by atoms with Gasteiger partial charge in [0.05, 0.1) is 6.61 Å². The van der Waals surface area contributed by atoms with Crippen molar-refractivity contribution in [3.05, 3.63) is 35.4 Å². The minimum absolute atomic E-state index is 0.0562. The lowest BCUT2D eigenvalue weighted by molar-refractivity contribution is -0.134. The van der Waals surface area contributed by atoms with Gasteiger partial charge in [-0.05, 0) is 17.7 Å². The average molecular weight is 261 g/mol. The van der Waals surface area contributed by atoms with Gasteiger partial charge in [0.25, 0.3) is 0 Å². The van der Waals surface area contributed by atoms with Gasteiger partial charge in [-0.25, -0.2) is 0 Å². The highest BCUT2D eigenvalue weighted by atomic mass is 16.5. The predicted molar refractivity (Wildman–Crippen MR) is 73.4 cm³/mol. The monoisotopic (exact) mass is 261 g/mol. The Morgan fingerprint density at radius 2 is 2.26 bits per heavy atom. The first-order chi connectivity index (χ1) is 9.17. The summed E-state index contributed by atoms with van der Waals surface area (Å²) in [5.74, 6) is 5.79. The Morgan fingerprint density at radius 1 is 1.47 bits per heavy atom. The largest absolute Gasteiger partial charge is 0.395 e. The van der Waals surface area contributed by atoms with E-state index in [1.54, 1.807) is 11.9 Å². The highest BCUT2D eigenvalue weighted by Gasteiger charge is 2.08. The first-order valence-corrected chi connectivity index (χ1v) is 6.09. The van der Waals surface area contributed by atoms with Crippen LogP contribution < -0.4 is 0 Å². The quantitative estimate of drug-likeness (QED) is 0.805. The average Bonchev–Trinajstić information content (AvgIpc) is 2.40. The van der Waals surface area contributed by atoms with Crippen molar-refractivity contribution in [1.29, 1.82) is 0 Å². The molecule has 4 nitrogen and oxygen atoms in total. The third-order valence-electron chi connectivity index (χ3n) is 2.51. The molecule has 102 valence electrons. The summed E-state index contributed by atoms with van der Waals surface area (Å²) in [5.41, 5.74) is 1.90. The number of carbonyl (C=O) groups excluding carboxylic acids is 1. The van der Waals surface area contributed by atoms with E-state index in [2.05, 4.69) is 11.8 Å². The number of benzene rings is 1. The maximum atomic E-state index is 11.6. The van der Waals surface area contributed by atoms with Gasteiger partial charge in [0.1, 0.15) is 6.61 Å². The second-order valence-corrected chi connectivity index (χ2v) is 4.16. The van der Waals surface area contributed by atoms with Gasteiger partial charge in [-0.15, -0.1) is 0 Å². The fraction of sp³-hybridized carbons (Fsp3) is 0.400. The molecule has 1 rings (SSSR count). The molecule has 0 aliphatic carbocycles. The van der Waals surface area contributed by atoms with Crippen LogP contribution in [-0.4, -0.2) is 43.3 Å². The second-order valence-electron chi connectivity index (χ2n) is 4.16. The number of amides is 1. The number of aliphatic hydroxyl groups is 1. The van der Waals surface area contributed by atoms with Crippen LogP contribution in [-0.2, 0) is 16.1 Å². The van der Waals surface area contributed by atoms with Gasteiger partial charge in [-0.2, -0.15) is 0 Å². The molecule has 0 aromatic heterocycles. The maximum absolute atomic E-state index is 11.6. The zero-order chi connectivity index (χ0) is 14.1. The molecule has 0 aliphatic heterocycles. The molecule has 1 aromatic rings. The molecule has 0 radical (unpaired) electrons. The number of nitrogens with zero attached hydrogens (tertiary/aromatic N) is 1. The summed E-state index contributed by atoms with van der Waals surface area (Å²) in [7, 11) is 3.24. The Kier molecular flexibility index (Phi) is 6.65. The topological polar surface area (TPSA) is 49.8 Å². The summed E-state index contributed by atoms with van der Waals surface area (Å²) >= 11 is 0. The molecule has 0 aliphatic rings. The Labute approximate surface area is 114 Å². The van der Waals surface area contributed by atoms with Crippen molar-refractivity contribution in [2.24, 2.45) is 0 Å². The molecule has 1 amide bonds. The molecule has 0 unspecified atom stereocenters. The fourth-order valence-corrected chi connectivity index (χ4v) is 1.56. The highest BCUT2D eigenvalue weighted by molar-refractivity contribution is 5.77. The first-order valence-electron chi connectivity index (χ1n) is 6.09. The molecule has 0 saturated heterocycles. The normalized spacial score (nSPS) is 9.63. The molecule has 0 bridgehead atoms. The van der Waals surface area contributed by atoms with Crippen LogP contribution >= 0.6 is 0 Å². The van der Waals surface area contributed by atoms with Crippen molar-refractivity contribution in [3.63, 3.8) is 0 Å². The van der Waals surface area contributed by atoms with Crippen LogP contribution in [0.4, 0.5) is 0 Å². The lowest BCUT2D eigenvalue weighted by Gasteiger charge is -2.16. The fourth-order valence-electron chi connectivity index (χ4n) is 1.56. The van der Waals surface area contributed by atoms with E-state index >= 15 is 0 Å². The number of rotatable bonds is 5. The van der Waals surface area contributed by atoms with Crippen LogP contribution in [0.2, 0.25) is 0 Å². The molecule has 0 atom stereocenters. The van der Waals surface area contributed by atoms with E-state index in [0.717, 1.165) is 11.1 Å². The molecule has 0 saturated carbocycles. The standard InChI is InChI=1S/C15H19NO3/c1-16(15(18)12-19-2)11-14-8-5-7-13(10-14)6-3-4-9-17/h5,7-8,10,17H,4,9,11-12H2,1-2H3. The molecule has 0 heterocycles. The number of carbonyl (C=O) groups is 1. The highest BCUT2D eigenvalue weighted by Crippen LogP contribution is 2.07. The number of likely N-dealkylation sites (N-methyl/N-ethyl adjacent to an activating group) is 1. The summed E-state index contributed by atoms with van der Waals surface area (Å²) in [5, 5.41) is 8.67. The number of hydrogen-bond donors (Lipinski definition) is 1. The Hall–Kier alpha value is -1.83. The minimum atomic E-state index is -0.0562. The first kappa shape index (κ1) is 15.2. The number of ether oxygens (including phenoxy) is 1. The predicted octanol–water partition coefficient (Wildman–Crippen LogP) is 1.03. The van der Waals surface area contributed by atoms with Crippen LogP contribution in [0.15, 0.2) is 24.3 Å². The van der Waals surface area contributed by atoms with Crippen LogP contribution in [0.3, 0.4) is 0 Å². The molecule has 19 heavy (non-hydrogen) atoms. The van der Waals surface area contributed by atoms with E-state index in [1.165, 1.54) is 7.11 Å². The summed E-state index contributed by atoms with van der Waals surface area (Å²) in [6.07, 6.45) is 0.469. The van der Waals surface area contributed by atoms with Gasteiger partial charge in [0.2, 0.25) is 5.91 Å². The third kappa shape index (κ3) is 5.56. The summed E-state index contributed by atoms with van der Waals surface area (Å²) < 4.78 is 4.81. The van der Waals surface area contributed by atoms with Gasteiger partial charge >= 0.3 is 0 Å². The third-order valence-corrected chi connectivity index (χ3v) is 2.51. The summed E-state index contributed by atoms with van der Waals surface area (Å²) in [6.45, 7) is 0.686. The Balaban J connectivity index is 2.67. The van der Waals surface area contributed by atoms with Gasteiger partial charge in [-0.3, -0.25) is 4.79 Å². The second kappa shape index (κ2) is 8.30. The van der Waals surface area contributed by atoms with Crippen molar-refractivity contribution in [2.75, 3.05) is 27.4 Å². The van der Waals surface area contributed by atoms with E-state index in [-0.39, 0.29) is 19.1 Å². The molecule has 1 aromatic carbocycles. The van der Waals surface area contributed by atoms with Crippen LogP contribution in [0.1, 0.15) is 17.5 Å². The lowest BCUT2D eigenvalue weighted by atomic mass is 10.1. The molecule has 0 fully saturated rings. The zero-order valence-electron chi connectivity index (χ0n) is 11.3. The van der Waals surface area contributed by atoms with Crippen LogP contribution in [0.25, 0.3) is 0 Å². The lowest BCUT2D eigenvalue weighted by Crippen LogP contribution is -2.29. The van der Waals surface area contributed by atoms with Crippen molar-refractivity contribution in [3.8, 4) is 11.8 Å². The van der Waals surface area contributed by atoms with E-state index in [1.807, 2.05) is 24.3 Å². The Bertz CT molecular complexity index is 474. The molecule has 0 spiro atoms. The van der Waals surface area contributed by atoms with Gasteiger partial charge < -0.3 is 14.7 Å². The van der Waals surface area contributed by atoms with E-state index in [4.69, 9.17) is 9.84 Å². The number of aliphatic hydroxyl groups excluding tert-OH is 1. The summed E-state index contributed by atoms with van der Waals surface area (Å²) in [6, 6.07) is 7.71. The minimum Gasteiger partial charge on any atom is -0.395 e. The molecule has 4 heteroatoms. The van der Waals surface area contributed by atoms with Crippen molar-refractivity contribution in [1.82, 2.24) is 4.90 Å². The SMILES string of the molecule is COCC(=O)N(C)Cc1cccc(C#CCCO)c1. The smallest absolute Gasteiger partial charge is 0.248 e. The van der Waals surface area contributed by atoms with Crippen molar-refractivity contribution < 1.29 is 14.6 Å². The van der Waals surface area contributed by atoms with Gasteiger partial charge in [0.15, 0.2) is 0 Å². The zero-order valence-corrected chi connectivity index (χ0v) is 11.3. The van der Waals surface area contributed by atoms with Crippen molar-refractivity contribution >= 4 is 5.91 Å². The van der Waals surface area contributed by atoms with Crippen LogP contribution in [0, 0.1) is 11.8 Å². The van der Waals surface area contributed by atoms with Crippen LogP contribution in [0.5, 0.6) is 0 Å². The number of methoxy groups -OCH3 is 1. The molecule has 1 N–H and O–H groups in total. The van der Waals surface area contributed by atoms with E-state index in [9.17, 15) is 4.79 Å². The van der Waals surface area contributed by atoms with E-state index < -0.39 is 0 Å². The molecular weight excluding hydrogens is 242 g/mol. The van der Waals surface area contributed by atoms with Gasteiger partial charge in [-0.1, -0.05) is 24.0 Å². The Morgan fingerprint density at radius 3 is 2.95 bits per heavy atom. The maximum Gasteiger partial charge on any atom is 0.248 e.